The van der Waals surface area contributed by atoms with Crippen molar-refractivity contribution in [1.29, 1.82) is 0 Å². The van der Waals surface area contributed by atoms with E-state index in [4.69, 9.17) is 4.74 Å². The number of hydrogen-bond acceptors (Lipinski definition) is 3. The predicted molar refractivity (Wildman–Crippen MR) is 124 cm³/mol. The molecule has 1 unspecified atom stereocenters. The van der Waals surface area contributed by atoms with Gasteiger partial charge in [-0.1, -0.05) is 129 Å². The van der Waals surface area contributed by atoms with Crippen LogP contribution in [0.25, 0.3) is 0 Å². The Morgan fingerprint density at radius 2 is 1.00 bits per heavy atom. The van der Waals surface area contributed by atoms with Gasteiger partial charge in [-0.2, -0.15) is 0 Å². The number of carbonyl (C=O) groups excluding carboxylic acids is 2. The molecule has 3 heteroatoms. The van der Waals surface area contributed by atoms with E-state index < -0.39 is 0 Å². The summed E-state index contributed by atoms with van der Waals surface area (Å²) in [5.74, 6) is -0.352. The van der Waals surface area contributed by atoms with E-state index in [2.05, 4.69) is 6.92 Å². The molecule has 0 saturated heterocycles. The molecule has 0 aliphatic carbocycles. The molecule has 0 spiro atoms. The maximum atomic E-state index is 11.5. The number of rotatable bonds is 23. The molecule has 0 amide bonds. The SMILES string of the molecule is CCCCCCCCCCCCCCCCCCCCCC(=O)OCC(C)C=O. The van der Waals surface area contributed by atoms with Crippen molar-refractivity contribution in [3.63, 3.8) is 0 Å². The number of esters is 1. The summed E-state index contributed by atoms with van der Waals surface area (Å²) in [6.07, 6.45) is 27.0. The van der Waals surface area contributed by atoms with Crippen molar-refractivity contribution >= 4 is 12.3 Å². The van der Waals surface area contributed by atoms with E-state index >= 15 is 0 Å². The van der Waals surface area contributed by atoms with Crippen LogP contribution >= 0.6 is 0 Å². The molecule has 0 aliphatic rings. The van der Waals surface area contributed by atoms with Crippen LogP contribution in [0.3, 0.4) is 0 Å². The van der Waals surface area contributed by atoms with Gasteiger partial charge in [0.2, 0.25) is 0 Å². The molecule has 0 heterocycles. The molecule has 172 valence electrons. The van der Waals surface area contributed by atoms with Gasteiger partial charge in [0, 0.05) is 12.3 Å². The summed E-state index contributed by atoms with van der Waals surface area (Å²) >= 11 is 0. The number of hydrogen-bond donors (Lipinski definition) is 0. The predicted octanol–water partition coefficient (Wildman–Crippen LogP) is 8.19. The molecule has 0 saturated carbocycles. The zero-order valence-corrected chi connectivity index (χ0v) is 19.7. The van der Waals surface area contributed by atoms with Crippen LogP contribution in [0.4, 0.5) is 0 Å². The second-order valence-corrected chi connectivity index (χ2v) is 8.91. The summed E-state index contributed by atoms with van der Waals surface area (Å²) in [6.45, 7) is 4.27. The molecule has 3 nitrogen and oxygen atoms in total. The third kappa shape index (κ3) is 23.3. The van der Waals surface area contributed by atoms with E-state index in [1.54, 1.807) is 6.92 Å². The summed E-state index contributed by atoms with van der Waals surface area (Å²) in [5, 5.41) is 0. The Hall–Kier alpha value is -0.860. The Morgan fingerprint density at radius 1 is 0.655 bits per heavy atom. The molecule has 0 aliphatic heterocycles. The van der Waals surface area contributed by atoms with Crippen molar-refractivity contribution in [3.8, 4) is 0 Å². The molecule has 0 bridgehead atoms. The van der Waals surface area contributed by atoms with Gasteiger partial charge in [-0.25, -0.2) is 0 Å². The number of ether oxygens (including phenoxy) is 1. The van der Waals surface area contributed by atoms with Crippen LogP contribution < -0.4 is 0 Å². The molecule has 0 rings (SSSR count). The highest BCUT2D eigenvalue weighted by molar-refractivity contribution is 5.69. The zero-order chi connectivity index (χ0) is 21.4. The second kappa shape index (κ2) is 23.4. The molecule has 0 aromatic rings. The lowest BCUT2D eigenvalue weighted by atomic mass is 10.0. The molecular weight excluding hydrogens is 360 g/mol. The summed E-state index contributed by atoms with van der Waals surface area (Å²) in [4.78, 5) is 22.0. The highest BCUT2D eigenvalue weighted by atomic mass is 16.5. The topological polar surface area (TPSA) is 43.4 Å². The average molecular weight is 411 g/mol. The van der Waals surface area contributed by atoms with Gasteiger partial charge in [-0.3, -0.25) is 4.79 Å². The Morgan fingerprint density at radius 3 is 1.34 bits per heavy atom. The Labute approximate surface area is 181 Å². The number of unbranched alkanes of at least 4 members (excludes halogenated alkanes) is 18. The highest BCUT2D eigenvalue weighted by Gasteiger charge is 2.06. The van der Waals surface area contributed by atoms with Crippen LogP contribution in [-0.4, -0.2) is 18.9 Å². The minimum atomic E-state index is -0.191. The maximum absolute atomic E-state index is 11.5. The fourth-order valence-corrected chi connectivity index (χ4v) is 3.68. The summed E-state index contributed by atoms with van der Waals surface area (Å²) in [6, 6.07) is 0. The van der Waals surface area contributed by atoms with E-state index in [1.807, 2.05) is 0 Å². The summed E-state index contributed by atoms with van der Waals surface area (Å²) in [5.41, 5.74) is 0. The third-order valence-corrected chi connectivity index (χ3v) is 5.72. The second-order valence-electron chi connectivity index (χ2n) is 8.91. The van der Waals surface area contributed by atoms with Crippen LogP contribution in [0.2, 0.25) is 0 Å². The van der Waals surface area contributed by atoms with Gasteiger partial charge in [-0.15, -0.1) is 0 Å². The van der Waals surface area contributed by atoms with Gasteiger partial charge in [0.05, 0.1) is 0 Å². The van der Waals surface area contributed by atoms with E-state index in [0.29, 0.717) is 6.42 Å². The van der Waals surface area contributed by atoms with Crippen molar-refractivity contribution in [2.24, 2.45) is 5.92 Å². The van der Waals surface area contributed by atoms with E-state index in [0.717, 1.165) is 19.1 Å². The van der Waals surface area contributed by atoms with Gasteiger partial charge in [0.15, 0.2) is 0 Å². The Kier molecular flexibility index (Phi) is 22.7. The zero-order valence-electron chi connectivity index (χ0n) is 19.7. The Bertz CT molecular complexity index is 354. The molecule has 0 N–H and O–H groups in total. The van der Waals surface area contributed by atoms with Crippen LogP contribution in [0.5, 0.6) is 0 Å². The number of carbonyl (C=O) groups is 2. The molecule has 29 heavy (non-hydrogen) atoms. The monoisotopic (exact) mass is 410 g/mol. The first kappa shape index (κ1) is 28.1. The highest BCUT2D eigenvalue weighted by Crippen LogP contribution is 2.14. The van der Waals surface area contributed by atoms with Crippen molar-refractivity contribution in [2.75, 3.05) is 6.61 Å². The van der Waals surface area contributed by atoms with Gasteiger partial charge < -0.3 is 9.53 Å². The van der Waals surface area contributed by atoms with Crippen molar-refractivity contribution < 1.29 is 14.3 Å². The van der Waals surface area contributed by atoms with Crippen molar-refractivity contribution in [3.05, 3.63) is 0 Å². The lowest BCUT2D eigenvalue weighted by Gasteiger charge is -2.06. The van der Waals surface area contributed by atoms with Crippen molar-refractivity contribution in [1.82, 2.24) is 0 Å². The van der Waals surface area contributed by atoms with Crippen LogP contribution in [0.1, 0.15) is 142 Å². The minimum Gasteiger partial charge on any atom is -0.465 e. The average Bonchev–Trinajstić information content (AvgIpc) is 2.73. The fourth-order valence-electron chi connectivity index (χ4n) is 3.68. The molecule has 0 aromatic heterocycles. The summed E-state index contributed by atoms with van der Waals surface area (Å²) in [7, 11) is 0. The van der Waals surface area contributed by atoms with Crippen molar-refractivity contribution in [2.45, 2.75) is 142 Å². The fraction of sp³-hybridized carbons (Fsp3) is 0.923. The summed E-state index contributed by atoms with van der Waals surface area (Å²) < 4.78 is 5.06. The Balaban J connectivity index is 3.11. The molecular formula is C26H50O3. The van der Waals surface area contributed by atoms with Gasteiger partial charge in [0.1, 0.15) is 12.9 Å². The van der Waals surface area contributed by atoms with Gasteiger partial charge in [0.25, 0.3) is 0 Å². The first-order valence-corrected chi connectivity index (χ1v) is 12.8. The van der Waals surface area contributed by atoms with Gasteiger partial charge >= 0.3 is 5.97 Å². The molecule has 0 radical (unpaired) electrons. The van der Waals surface area contributed by atoms with E-state index in [1.165, 1.54) is 109 Å². The van der Waals surface area contributed by atoms with Crippen LogP contribution in [0, 0.1) is 5.92 Å². The molecule has 0 fully saturated rings. The first-order chi connectivity index (χ1) is 14.2. The lowest BCUT2D eigenvalue weighted by molar-refractivity contribution is -0.145. The maximum Gasteiger partial charge on any atom is 0.305 e. The standard InChI is InChI=1S/C26H50O3/c1-3-4-5-6-7-8-9-10-11-12-13-14-15-16-17-18-19-20-21-22-26(28)29-24-25(2)23-27/h23,25H,3-22,24H2,1-2H3. The van der Waals surface area contributed by atoms with Gasteiger partial charge in [-0.05, 0) is 6.42 Å². The van der Waals surface area contributed by atoms with Crippen LogP contribution in [-0.2, 0) is 14.3 Å². The molecule has 0 aromatic carbocycles. The lowest BCUT2D eigenvalue weighted by Crippen LogP contribution is -2.12. The van der Waals surface area contributed by atoms with Crippen LogP contribution in [0.15, 0.2) is 0 Å². The first-order valence-electron chi connectivity index (χ1n) is 12.8. The quantitative estimate of drug-likeness (QED) is 0.0968. The normalized spacial score (nSPS) is 12.1. The minimum absolute atomic E-state index is 0.161. The third-order valence-electron chi connectivity index (χ3n) is 5.72. The van der Waals surface area contributed by atoms with E-state index in [-0.39, 0.29) is 18.5 Å². The molecule has 1 atom stereocenters. The largest absolute Gasteiger partial charge is 0.465 e. The number of aldehydes is 1. The smallest absolute Gasteiger partial charge is 0.305 e. The van der Waals surface area contributed by atoms with E-state index in [9.17, 15) is 9.59 Å².